The molecule has 1 aromatic heterocycles. The van der Waals surface area contributed by atoms with Crippen molar-refractivity contribution in [1.82, 2.24) is 5.16 Å². The molecule has 3 aromatic rings. The topological polar surface area (TPSA) is 64.4 Å². The number of hydrogen-bond donors (Lipinski definition) is 1. The normalized spacial score (nSPS) is 15.1. The monoisotopic (exact) mass is 388 g/mol. The van der Waals surface area contributed by atoms with Crippen LogP contribution in [0.15, 0.2) is 65.2 Å². The molecule has 1 N–H and O–H groups in total. The lowest BCUT2D eigenvalue weighted by Crippen LogP contribution is -2.28. The van der Waals surface area contributed by atoms with Crippen LogP contribution in [0.5, 0.6) is 5.75 Å². The molecule has 1 aliphatic rings. The van der Waals surface area contributed by atoms with E-state index in [0.29, 0.717) is 24.3 Å². The Morgan fingerprint density at radius 1 is 1.07 bits per heavy atom. The fourth-order valence-electron chi connectivity index (χ4n) is 2.99. The first-order chi connectivity index (χ1) is 13.4. The molecule has 0 radical (unpaired) electrons. The van der Waals surface area contributed by atoms with E-state index in [1.165, 1.54) is 18.2 Å². The van der Waals surface area contributed by atoms with Crippen molar-refractivity contribution in [3.8, 4) is 17.1 Å². The molecule has 0 atom stereocenters. The van der Waals surface area contributed by atoms with E-state index < -0.39 is 23.4 Å². The summed E-state index contributed by atoms with van der Waals surface area (Å²) in [5.74, 6) is -0.390. The second-order valence-corrected chi connectivity index (χ2v) is 6.52. The fourth-order valence-corrected chi connectivity index (χ4v) is 2.99. The van der Waals surface area contributed by atoms with Gasteiger partial charge in [0, 0.05) is 11.6 Å². The Hall–Kier alpha value is -3.29. The molecule has 0 spiro atoms. The van der Waals surface area contributed by atoms with E-state index in [0.717, 1.165) is 11.6 Å². The number of para-hydroxylation sites is 2. The zero-order valence-electron chi connectivity index (χ0n) is 14.5. The van der Waals surface area contributed by atoms with Crippen molar-refractivity contribution in [2.75, 3.05) is 5.32 Å². The maximum atomic E-state index is 12.8. The number of carbonyl (C=O) groups excluding carboxylic acids is 1. The third kappa shape index (κ3) is 3.58. The predicted molar refractivity (Wildman–Crippen MR) is 94.6 cm³/mol. The summed E-state index contributed by atoms with van der Waals surface area (Å²) in [6.45, 7) is 0. The Balaban J connectivity index is 1.56. The van der Waals surface area contributed by atoms with Crippen LogP contribution in [0.3, 0.4) is 0 Å². The summed E-state index contributed by atoms with van der Waals surface area (Å²) in [4.78, 5) is 12.8. The van der Waals surface area contributed by atoms with Crippen LogP contribution in [0.2, 0.25) is 0 Å². The molecule has 1 fully saturated rings. The molecule has 0 bridgehead atoms. The number of ether oxygens (including phenoxy) is 1. The number of halogens is 3. The highest BCUT2D eigenvalue weighted by Crippen LogP contribution is 2.49. The van der Waals surface area contributed by atoms with Gasteiger partial charge in [0.05, 0.1) is 16.8 Å². The molecule has 8 heteroatoms. The highest BCUT2D eigenvalue weighted by molar-refractivity contribution is 6.02. The third-order valence-electron chi connectivity index (χ3n) is 4.60. The summed E-state index contributed by atoms with van der Waals surface area (Å²) in [5.41, 5.74) is 0.310. The van der Waals surface area contributed by atoms with E-state index >= 15 is 0 Å². The Labute approximate surface area is 158 Å². The number of anilines is 1. The van der Waals surface area contributed by atoms with Gasteiger partial charge in [0.1, 0.15) is 0 Å². The molecule has 0 unspecified atom stereocenters. The van der Waals surface area contributed by atoms with Crippen LogP contribution in [-0.2, 0) is 10.2 Å². The van der Waals surface area contributed by atoms with Crippen molar-refractivity contribution >= 4 is 11.6 Å². The molecule has 2 aromatic carbocycles. The number of carbonyl (C=O) groups is 1. The molecule has 0 saturated heterocycles. The van der Waals surface area contributed by atoms with Gasteiger partial charge in [-0.05, 0) is 25.0 Å². The van der Waals surface area contributed by atoms with Gasteiger partial charge in [0.25, 0.3) is 0 Å². The first-order valence-electron chi connectivity index (χ1n) is 8.56. The van der Waals surface area contributed by atoms with Crippen molar-refractivity contribution < 1.29 is 27.2 Å². The molecular formula is C20H15F3N2O3. The minimum atomic E-state index is -4.85. The maximum absolute atomic E-state index is 12.8. The minimum Gasteiger partial charge on any atom is -0.404 e. The fraction of sp³-hybridized carbons (Fsp3) is 0.200. The number of rotatable bonds is 5. The average Bonchev–Trinajstić information content (AvgIpc) is 3.33. The van der Waals surface area contributed by atoms with Crippen molar-refractivity contribution in [2.24, 2.45) is 0 Å². The number of nitrogens with zero attached hydrogens (tertiary/aromatic N) is 1. The lowest BCUT2D eigenvalue weighted by molar-refractivity contribution is -0.274. The Morgan fingerprint density at radius 3 is 2.43 bits per heavy atom. The molecular weight excluding hydrogens is 373 g/mol. The Bertz CT molecular complexity index is 995. The van der Waals surface area contributed by atoms with Gasteiger partial charge in [-0.15, -0.1) is 13.2 Å². The smallest absolute Gasteiger partial charge is 0.404 e. The number of benzene rings is 2. The van der Waals surface area contributed by atoms with E-state index in [9.17, 15) is 18.0 Å². The minimum absolute atomic E-state index is 0.0529. The molecule has 1 saturated carbocycles. The average molecular weight is 388 g/mol. The first kappa shape index (κ1) is 18.1. The lowest BCUT2D eigenvalue weighted by atomic mass is 10.00. The van der Waals surface area contributed by atoms with Gasteiger partial charge in [0.15, 0.2) is 11.5 Å². The number of alkyl halides is 3. The van der Waals surface area contributed by atoms with Crippen LogP contribution < -0.4 is 10.1 Å². The summed E-state index contributed by atoms with van der Waals surface area (Å²) >= 11 is 0. The standard InChI is InChI=1S/C20H15F3N2O3/c21-20(22,23)27-15-9-5-4-8-14(15)24-18(26)19(10-11-19)17-12-16(28-25-17)13-6-2-1-3-7-13/h1-9,12H,10-11H2,(H,24,26). The van der Waals surface area contributed by atoms with Gasteiger partial charge < -0.3 is 14.6 Å². The van der Waals surface area contributed by atoms with Gasteiger partial charge in [-0.3, -0.25) is 4.79 Å². The van der Waals surface area contributed by atoms with Crippen molar-refractivity contribution in [3.63, 3.8) is 0 Å². The largest absolute Gasteiger partial charge is 0.573 e. The van der Waals surface area contributed by atoms with Crippen LogP contribution in [0.4, 0.5) is 18.9 Å². The van der Waals surface area contributed by atoms with Gasteiger partial charge in [-0.2, -0.15) is 0 Å². The summed E-state index contributed by atoms with van der Waals surface area (Å²) in [7, 11) is 0. The highest BCUT2D eigenvalue weighted by atomic mass is 19.4. The molecule has 1 heterocycles. The van der Waals surface area contributed by atoms with Crippen LogP contribution in [0.1, 0.15) is 18.5 Å². The van der Waals surface area contributed by atoms with Gasteiger partial charge in [0.2, 0.25) is 5.91 Å². The summed E-state index contributed by atoms with van der Waals surface area (Å²) in [6, 6.07) is 16.4. The lowest BCUT2D eigenvalue weighted by Gasteiger charge is -2.16. The number of amides is 1. The van der Waals surface area contributed by atoms with Gasteiger partial charge >= 0.3 is 6.36 Å². The zero-order chi connectivity index (χ0) is 19.8. The predicted octanol–water partition coefficient (Wildman–Crippen LogP) is 4.91. The summed E-state index contributed by atoms with van der Waals surface area (Å²) in [6.07, 6.45) is -3.79. The van der Waals surface area contributed by atoms with Crippen LogP contribution in [0.25, 0.3) is 11.3 Å². The SMILES string of the molecule is O=C(Nc1ccccc1OC(F)(F)F)C1(c2cc(-c3ccccc3)on2)CC1. The van der Waals surface area contributed by atoms with E-state index in [4.69, 9.17) is 4.52 Å². The molecule has 4 rings (SSSR count). The van der Waals surface area contributed by atoms with Crippen LogP contribution in [-0.4, -0.2) is 17.4 Å². The van der Waals surface area contributed by atoms with E-state index in [1.807, 2.05) is 30.3 Å². The molecule has 1 amide bonds. The first-order valence-corrected chi connectivity index (χ1v) is 8.56. The Kier molecular flexibility index (Phi) is 4.33. The third-order valence-corrected chi connectivity index (χ3v) is 4.60. The van der Waals surface area contributed by atoms with E-state index in [1.54, 1.807) is 6.07 Å². The summed E-state index contributed by atoms with van der Waals surface area (Å²) < 4.78 is 47.1. The van der Waals surface area contributed by atoms with Crippen molar-refractivity contribution in [2.45, 2.75) is 24.6 Å². The molecule has 1 aliphatic carbocycles. The van der Waals surface area contributed by atoms with Crippen molar-refractivity contribution in [3.05, 3.63) is 66.4 Å². The van der Waals surface area contributed by atoms with Crippen LogP contribution in [0, 0.1) is 0 Å². The molecule has 144 valence electrons. The van der Waals surface area contributed by atoms with Gasteiger partial charge in [-0.25, -0.2) is 0 Å². The number of nitrogens with one attached hydrogen (secondary N) is 1. The number of aromatic nitrogens is 1. The second kappa shape index (κ2) is 6.70. The second-order valence-electron chi connectivity index (χ2n) is 6.52. The van der Waals surface area contributed by atoms with Gasteiger partial charge in [-0.1, -0.05) is 47.6 Å². The highest BCUT2D eigenvalue weighted by Gasteiger charge is 2.54. The van der Waals surface area contributed by atoms with E-state index in [-0.39, 0.29) is 5.69 Å². The quantitative estimate of drug-likeness (QED) is 0.675. The van der Waals surface area contributed by atoms with Crippen LogP contribution >= 0.6 is 0 Å². The number of hydrogen-bond acceptors (Lipinski definition) is 4. The maximum Gasteiger partial charge on any atom is 0.573 e. The zero-order valence-corrected chi connectivity index (χ0v) is 14.5. The molecule has 5 nitrogen and oxygen atoms in total. The summed E-state index contributed by atoms with van der Waals surface area (Å²) in [5, 5.41) is 6.56. The van der Waals surface area contributed by atoms with E-state index in [2.05, 4.69) is 15.2 Å². The molecule has 28 heavy (non-hydrogen) atoms. The Morgan fingerprint density at radius 2 is 1.75 bits per heavy atom. The molecule has 0 aliphatic heterocycles. The van der Waals surface area contributed by atoms with Crippen molar-refractivity contribution in [1.29, 1.82) is 0 Å².